The summed E-state index contributed by atoms with van der Waals surface area (Å²) in [6, 6.07) is 10.8. The molecule has 0 fully saturated rings. The maximum Gasteiger partial charge on any atom is 0.214 e. The zero-order valence-corrected chi connectivity index (χ0v) is 17.1. The van der Waals surface area contributed by atoms with Gasteiger partial charge in [-0.1, -0.05) is 36.2 Å². The van der Waals surface area contributed by atoms with Crippen molar-refractivity contribution in [1.82, 2.24) is 9.88 Å². The third-order valence-electron chi connectivity index (χ3n) is 4.48. The molecule has 2 rings (SSSR count). The van der Waals surface area contributed by atoms with Crippen LogP contribution in [0.2, 0.25) is 0 Å². The predicted octanol–water partition coefficient (Wildman–Crippen LogP) is 5.54. The van der Waals surface area contributed by atoms with Crippen LogP contribution in [0.1, 0.15) is 55.7 Å². The molecular formula is C22H31N3O. The van der Waals surface area contributed by atoms with Crippen molar-refractivity contribution >= 4 is 12.0 Å². The Morgan fingerprint density at radius 1 is 1.12 bits per heavy atom. The lowest BCUT2D eigenvalue weighted by Gasteiger charge is -2.19. The molecule has 4 heteroatoms. The Balaban J connectivity index is 2.17. The number of nitrogens with zero attached hydrogens (tertiary/aromatic N) is 3. The van der Waals surface area contributed by atoms with Gasteiger partial charge in [0.1, 0.15) is 6.10 Å². The van der Waals surface area contributed by atoms with Gasteiger partial charge in [-0.2, -0.15) is 0 Å². The largest absolute Gasteiger partial charge is 0.469 e. The third kappa shape index (κ3) is 5.32. The van der Waals surface area contributed by atoms with Crippen LogP contribution in [-0.2, 0) is 0 Å². The fourth-order valence-corrected chi connectivity index (χ4v) is 2.75. The number of pyridine rings is 1. The molecule has 1 unspecified atom stereocenters. The molecule has 1 atom stereocenters. The molecule has 0 saturated heterocycles. The Labute approximate surface area is 157 Å². The molecule has 0 radical (unpaired) electrons. The minimum absolute atomic E-state index is 0.00178. The monoisotopic (exact) mass is 353 g/mol. The predicted molar refractivity (Wildman–Crippen MR) is 110 cm³/mol. The highest BCUT2D eigenvalue weighted by Gasteiger charge is 2.13. The first-order chi connectivity index (χ1) is 12.3. The summed E-state index contributed by atoms with van der Waals surface area (Å²) >= 11 is 0. The average Bonchev–Trinajstić information content (AvgIpc) is 2.57. The second kappa shape index (κ2) is 8.84. The number of hydrogen-bond donors (Lipinski definition) is 0. The first kappa shape index (κ1) is 20.0. The van der Waals surface area contributed by atoms with Gasteiger partial charge in [-0.25, -0.2) is 9.98 Å². The van der Waals surface area contributed by atoms with Gasteiger partial charge in [-0.15, -0.1) is 0 Å². The smallest absolute Gasteiger partial charge is 0.214 e. The lowest BCUT2D eigenvalue weighted by Crippen LogP contribution is -2.24. The van der Waals surface area contributed by atoms with Gasteiger partial charge >= 0.3 is 0 Å². The van der Waals surface area contributed by atoms with E-state index in [0.717, 1.165) is 17.8 Å². The average molecular weight is 354 g/mol. The third-order valence-corrected chi connectivity index (χ3v) is 4.48. The van der Waals surface area contributed by atoms with Crippen molar-refractivity contribution in [2.45, 2.75) is 60.1 Å². The molecule has 0 bridgehead atoms. The van der Waals surface area contributed by atoms with Gasteiger partial charge in [-0.05, 0) is 52.7 Å². The lowest BCUT2D eigenvalue weighted by molar-refractivity contribution is 0.192. The molecule has 1 aromatic carbocycles. The Hall–Kier alpha value is -2.36. The summed E-state index contributed by atoms with van der Waals surface area (Å²) in [6.07, 6.45) is 2.74. The van der Waals surface area contributed by atoms with Crippen LogP contribution < -0.4 is 4.74 Å². The molecule has 1 heterocycles. The van der Waals surface area contributed by atoms with Crippen LogP contribution in [0.4, 0.5) is 5.69 Å². The van der Waals surface area contributed by atoms with E-state index in [1.165, 1.54) is 16.7 Å². The Morgan fingerprint density at radius 3 is 2.31 bits per heavy atom. The van der Waals surface area contributed by atoms with Gasteiger partial charge in [0.25, 0.3) is 0 Å². The molecule has 0 spiro atoms. The van der Waals surface area contributed by atoms with E-state index in [2.05, 4.69) is 67.7 Å². The Morgan fingerprint density at radius 2 is 1.77 bits per heavy atom. The number of benzene rings is 1. The van der Waals surface area contributed by atoms with Crippen molar-refractivity contribution in [2.24, 2.45) is 4.99 Å². The minimum atomic E-state index is 0.00178. The van der Waals surface area contributed by atoms with Crippen molar-refractivity contribution < 1.29 is 4.74 Å². The summed E-state index contributed by atoms with van der Waals surface area (Å²) in [5, 5.41) is 0. The van der Waals surface area contributed by atoms with Crippen LogP contribution in [0.5, 0.6) is 5.88 Å². The topological polar surface area (TPSA) is 37.7 Å². The number of ether oxygens (including phenoxy) is 1. The second-order valence-electron chi connectivity index (χ2n) is 7.19. The highest BCUT2D eigenvalue weighted by atomic mass is 16.5. The standard InChI is InChI=1S/C22H31N3O/c1-8-21(19-12-16(4)11-17(5)13-19)26-22-10-9-20(18(6)24-22)23-14-25(7)15(2)3/h9-15,21H,8H2,1-7H3/b23-14+. The maximum absolute atomic E-state index is 6.19. The number of hydrogen-bond acceptors (Lipinski definition) is 3. The van der Waals surface area contributed by atoms with E-state index in [0.29, 0.717) is 11.9 Å². The first-order valence-electron chi connectivity index (χ1n) is 9.28. The molecule has 140 valence electrons. The van der Waals surface area contributed by atoms with Gasteiger partial charge in [0.2, 0.25) is 5.88 Å². The van der Waals surface area contributed by atoms with Crippen LogP contribution in [0, 0.1) is 20.8 Å². The normalized spacial score (nSPS) is 12.6. The molecule has 2 aromatic rings. The lowest BCUT2D eigenvalue weighted by atomic mass is 10.0. The molecular weight excluding hydrogens is 322 g/mol. The van der Waals surface area contributed by atoms with E-state index in [-0.39, 0.29) is 6.10 Å². The number of rotatable bonds is 7. The van der Waals surface area contributed by atoms with E-state index in [9.17, 15) is 0 Å². The van der Waals surface area contributed by atoms with Gasteiger partial charge in [0.15, 0.2) is 0 Å². The van der Waals surface area contributed by atoms with Crippen LogP contribution in [0.25, 0.3) is 0 Å². The van der Waals surface area contributed by atoms with Crippen molar-refractivity contribution in [3.63, 3.8) is 0 Å². The summed E-state index contributed by atoms with van der Waals surface area (Å²) in [5.41, 5.74) is 5.44. The quantitative estimate of drug-likeness (QED) is 0.485. The summed E-state index contributed by atoms with van der Waals surface area (Å²) in [7, 11) is 2.02. The van der Waals surface area contributed by atoms with Gasteiger partial charge in [-0.3, -0.25) is 0 Å². The molecule has 0 aliphatic heterocycles. The fraction of sp³-hybridized carbons (Fsp3) is 0.455. The van der Waals surface area contributed by atoms with Gasteiger partial charge in [0, 0.05) is 19.2 Å². The Kier molecular flexibility index (Phi) is 6.78. The van der Waals surface area contributed by atoms with E-state index < -0.39 is 0 Å². The molecule has 26 heavy (non-hydrogen) atoms. The van der Waals surface area contributed by atoms with E-state index in [1.54, 1.807) is 0 Å². The van der Waals surface area contributed by atoms with Gasteiger partial charge in [0.05, 0.1) is 17.7 Å². The first-order valence-corrected chi connectivity index (χ1v) is 9.28. The van der Waals surface area contributed by atoms with Crippen LogP contribution in [0.3, 0.4) is 0 Å². The summed E-state index contributed by atoms with van der Waals surface area (Å²) in [5.74, 6) is 0.643. The molecule has 4 nitrogen and oxygen atoms in total. The van der Waals surface area contributed by atoms with E-state index in [1.807, 2.05) is 32.4 Å². The van der Waals surface area contributed by atoms with Crippen molar-refractivity contribution in [3.05, 3.63) is 52.7 Å². The van der Waals surface area contributed by atoms with Crippen molar-refractivity contribution in [2.75, 3.05) is 7.05 Å². The van der Waals surface area contributed by atoms with Crippen LogP contribution in [-0.4, -0.2) is 29.3 Å². The maximum atomic E-state index is 6.19. The molecule has 1 aromatic heterocycles. The molecule has 0 saturated carbocycles. The van der Waals surface area contributed by atoms with Crippen LogP contribution >= 0.6 is 0 Å². The van der Waals surface area contributed by atoms with Crippen molar-refractivity contribution in [3.8, 4) is 5.88 Å². The number of aryl methyl sites for hydroxylation is 3. The van der Waals surface area contributed by atoms with Crippen LogP contribution in [0.15, 0.2) is 35.3 Å². The zero-order valence-electron chi connectivity index (χ0n) is 17.1. The second-order valence-corrected chi connectivity index (χ2v) is 7.19. The zero-order chi connectivity index (χ0) is 19.3. The molecule has 0 amide bonds. The highest BCUT2D eigenvalue weighted by molar-refractivity contribution is 5.62. The molecule has 0 N–H and O–H groups in total. The number of aromatic nitrogens is 1. The Bertz CT molecular complexity index is 748. The highest BCUT2D eigenvalue weighted by Crippen LogP contribution is 2.27. The fourth-order valence-electron chi connectivity index (χ4n) is 2.75. The SMILES string of the molecule is CCC(Oc1ccc(/N=C/N(C)C(C)C)c(C)n1)c1cc(C)cc(C)c1. The number of aliphatic imine (C=N–C) groups is 1. The minimum Gasteiger partial charge on any atom is -0.469 e. The van der Waals surface area contributed by atoms with Crippen molar-refractivity contribution in [1.29, 1.82) is 0 Å². The molecule has 0 aliphatic carbocycles. The van der Waals surface area contributed by atoms with E-state index in [4.69, 9.17) is 4.74 Å². The summed E-state index contributed by atoms with van der Waals surface area (Å²) < 4.78 is 6.19. The summed E-state index contributed by atoms with van der Waals surface area (Å²) in [6.45, 7) is 12.6. The van der Waals surface area contributed by atoms with Gasteiger partial charge < -0.3 is 9.64 Å². The summed E-state index contributed by atoms with van der Waals surface area (Å²) in [4.78, 5) is 11.2. The molecule has 0 aliphatic rings. The van der Waals surface area contributed by atoms with E-state index >= 15 is 0 Å².